The number of rotatable bonds is 2. The van der Waals surface area contributed by atoms with Gasteiger partial charge in [0, 0.05) is 7.11 Å². The third kappa shape index (κ3) is 4.16. The summed E-state index contributed by atoms with van der Waals surface area (Å²) >= 11 is 0. The number of hydrogen-bond donors (Lipinski definition) is 3. The number of β-lactam (4-membered cyclic amide) rings is 1. The molecule has 1 amide bonds. The molecule has 8 nitrogen and oxygen atoms in total. The number of nitrogens with zero attached hydrogens (tertiary/aromatic N) is 1. The maximum Gasteiger partial charge on any atom is 0.490 e. The SMILES string of the molecule is COP(=O)(O)N1C(=O)[C@@H](N)[C@@H]1C.O=C(O)C(F)(F)F. The molecule has 0 radical (unpaired) electrons. The molecule has 0 saturated carbocycles. The van der Waals surface area contributed by atoms with Crippen molar-refractivity contribution in [2.45, 2.75) is 25.2 Å². The molecule has 0 spiro atoms. The number of halogens is 3. The Balaban J connectivity index is 0.000000399. The molecule has 0 aliphatic carbocycles. The zero-order chi connectivity index (χ0) is 15.6. The summed E-state index contributed by atoms with van der Waals surface area (Å²) in [4.78, 5) is 28.9. The highest BCUT2D eigenvalue weighted by Crippen LogP contribution is 2.51. The summed E-state index contributed by atoms with van der Waals surface area (Å²) in [5.74, 6) is -3.30. The van der Waals surface area contributed by atoms with Gasteiger partial charge in [-0.3, -0.25) is 9.32 Å². The van der Waals surface area contributed by atoms with Gasteiger partial charge in [0.25, 0.3) is 5.91 Å². The molecule has 0 aromatic carbocycles. The van der Waals surface area contributed by atoms with Crippen LogP contribution in [0.2, 0.25) is 0 Å². The van der Waals surface area contributed by atoms with Crippen LogP contribution in [0.25, 0.3) is 0 Å². The number of nitrogens with two attached hydrogens (primary N) is 1. The Hall–Kier alpha value is -1.16. The summed E-state index contributed by atoms with van der Waals surface area (Å²) < 4.78 is 47.9. The van der Waals surface area contributed by atoms with Crippen molar-refractivity contribution in [3.8, 4) is 0 Å². The zero-order valence-corrected chi connectivity index (χ0v) is 10.7. The first kappa shape index (κ1) is 17.8. The van der Waals surface area contributed by atoms with Crippen molar-refractivity contribution >= 4 is 19.6 Å². The molecule has 1 saturated heterocycles. The molecule has 0 aromatic heterocycles. The summed E-state index contributed by atoms with van der Waals surface area (Å²) in [7, 11) is -2.85. The van der Waals surface area contributed by atoms with Crippen LogP contribution in [0, 0.1) is 0 Å². The fraction of sp³-hybridized carbons (Fsp3) is 0.714. The van der Waals surface area contributed by atoms with Crippen LogP contribution in [0.4, 0.5) is 13.2 Å². The summed E-state index contributed by atoms with van der Waals surface area (Å²) in [6.07, 6.45) is -5.08. The lowest BCUT2D eigenvalue weighted by atomic mass is 10.0. The Labute approximate surface area is 105 Å². The van der Waals surface area contributed by atoms with Crippen LogP contribution in [-0.2, 0) is 18.7 Å². The van der Waals surface area contributed by atoms with E-state index >= 15 is 0 Å². The maximum atomic E-state index is 11.1. The highest BCUT2D eigenvalue weighted by Gasteiger charge is 2.51. The van der Waals surface area contributed by atoms with Gasteiger partial charge in [-0.25, -0.2) is 14.0 Å². The average Bonchev–Trinajstić information content (AvgIpc) is 2.28. The first-order valence-corrected chi connectivity index (χ1v) is 6.17. The smallest absolute Gasteiger partial charge is 0.475 e. The van der Waals surface area contributed by atoms with E-state index in [2.05, 4.69) is 4.52 Å². The molecule has 1 aliphatic heterocycles. The lowest BCUT2D eigenvalue weighted by Gasteiger charge is -2.43. The molecule has 1 aliphatic rings. The Kier molecular flexibility index (Phi) is 5.51. The molecule has 0 aromatic rings. The van der Waals surface area contributed by atoms with Gasteiger partial charge in [-0.1, -0.05) is 0 Å². The normalized spacial score (nSPS) is 25.8. The number of carboxylic acids is 1. The van der Waals surface area contributed by atoms with Crippen LogP contribution < -0.4 is 5.73 Å². The first-order valence-electron chi connectivity index (χ1n) is 4.64. The van der Waals surface area contributed by atoms with Gasteiger partial charge in [0.15, 0.2) is 0 Å². The summed E-state index contributed by atoms with van der Waals surface area (Å²) in [5, 5.41) is 7.12. The van der Waals surface area contributed by atoms with Crippen molar-refractivity contribution in [3.63, 3.8) is 0 Å². The predicted octanol–water partition coefficient (Wildman–Crippen LogP) is -0.0755. The predicted molar refractivity (Wildman–Crippen MR) is 54.8 cm³/mol. The van der Waals surface area contributed by atoms with Crippen LogP contribution in [0.15, 0.2) is 0 Å². The molecule has 1 rings (SSSR count). The molecule has 12 heteroatoms. The highest BCUT2D eigenvalue weighted by molar-refractivity contribution is 7.51. The van der Waals surface area contributed by atoms with Gasteiger partial charge < -0.3 is 15.7 Å². The summed E-state index contributed by atoms with van der Waals surface area (Å²) in [5.41, 5.74) is 5.33. The van der Waals surface area contributed by atoms with Crippen molar-refractivity contribution in [2.24, 2.45) is 5.73 Å². The van der Waals surface area contributed by atoms with Crippen LogP contribution in [0.5, 0.6) is 0 Å². The quantitative estimate of drug-likeness (QED) is 0.480. The largest absolute Gasteiger partial charge is 0.490 e. The lowest BCUT2D eigenvalue weighted by molar-refractivity contribution is -0.192. The van der Waals surface area contributed by atoms with Gasteiger partial charge in [0.1, 0.15) is 6.04 Å². The molecular formula is C7H12F3N2O6P. The minimum absolute atomic E-state index is 0.437. The van der Waals surface area contributed by atoms with E-state index in [1.165, 1.54) is 0 Å². The number of carbonyl (C=O) groups is 2. The Morgan fingerprint density at radius 1 is 1.53 bits per heavy atom. The van der Waals surface area contributed by atoms with Gasteiger partial charge in [0.05, 0.1) is 6.04 Å². The topological polar surface area (TPSA) is 130 Å². The van der Waals surface area contributed by atoms with E-state index in [1.807, 2.05) is 0 Å². The number of aliphatic carboxylic acids is 1. The second kappa shape index (κ2) is 5.87. The number of amides is 1. The fourth-order valence-corrected chi connectivity index (χ4v) is 2.23. The minimum Gasteiger partial charge on any atom is -0.475 e. The van der Waals surface area contributed by atoms with Crippen molar-refractivity contribution < 1.29 is 41.8 Å². The second-order valence-corrected chi connectivity index (χ2v) is 5.20. The average molecular weight is 308 g/mol. The molecule has 1 heterocycles. The molecular weight excluding hydrogens is 296 g/mol. The lowest BCUT2D eigenvalue weighted by Crippen LogP contribution is -2.65. The second-order valence-electron chi connectivity index (χ2n) is 3.43. The molecule has 1 fully saturated rings. The fourth-order valence-electron chi connectivity index (χ4n) is 1.07. The maximum absolute atomic E-state index is 11.1. The van der Waals surface area contributed by atoms with Crippen molar-refractivity contribution in [3.05, 3.63) is 0 Å². The van der Waals surface area contributed by atoms with Crippen LogP contribution in [0.3, 0.4) is 0 Å². The third-order valence-corrected chi connectivity index (χ3v) is 3.75. The van der Waals surface area contributed by atoms with E-state index in [0.29, 0.717) is 0 Å². The van der Waals surface area contributed by atoms with E-state index in [-0.39, 0.29) is 0 Å². The molecule has 4 N–H and O–H groups in total. The Bertz CT molecular complexity index is 414. The first-order chi connectivity index (χ1) is 8.36. The van der Waals surface area contributed by atoms with Gasteiger partial charge in [-0.2, -0.15) is 13.2 Å². The number of carbonyl (C=O) groups excluding carboxylic acids is 1. The van der Waals surface area contributed by atoms with Gasteiger partial charge >= 0.3 is 19.9 Å². The van der Waals surface area contributed by atoms with Gasteiger partial charge in [-0.15, -0.1) is 0 Å². The van der Waals surface area contributed by atoms with E-state index < -0.39 is 37.9 Å². The van der Waals surface area contributed by atoms with Crippen molar-refractivity contribution in [1.82, 2.24) is 4.67 Å². The molecule has 3 atom stereocenters. The minimum atomic E-state index is -5.08. The van der Waals surface area contributed by atoms with E-state index in [9.17, 15) is 22.5 Å². The Morgan fingerprint density at radius 3 is 2.11 bits per heavy atom. The van der Waals surface area contributed by atoms with E-state index in [4.69, 9.17) is 20.5 Å². The number of hydrogen-bond acceptors (Lipinski definition) is 5. The molecule has 19 heavy (non-hydrogen) atoms. The summed E-state index contributed by atoms with van der Waals surface area (Å²) in [6, 6.07) is -1.12. The zero-order valence-electron chi connectivity index (χ0n) is 9.79. The van der Waals surface area contributed by atoms with Crippen LogP contribution in [-0.4, -0.2) is 51.9 Å². The van der Waals surface area contributed by atoms with E-state index in [0.717, 1.165) is 11.8 Å². The monoisotopic (exact) mass is 308 g/mol. The number of alkyl halides is 3. The molecule has 0 bridgehead atoms. The van der Waals surface area contributed by atoms with Gasteiger partial charge in [-0.05, 0) is 6.92 Å². The van der Waals surface area contributed by atoms with Crippen LogP contribution >= 0.6 is 7.75 Å². The Morgan fingerprint density at radius 2 is 1.89 bits per heavy atom. The molecule has 112 valence electrons. The van der Waals surface area contributed by atoms with Crippen LogP contribution in [0.1, 0.15) is 6.92 Å². The van der Waals surface area contributed by atoms with Crippen molar-refractivity contribution in [2.75, 3.05) is 7.11 Å². The standard InChI is InChI=1S/C5H11N2O4P.C2HF3O2/c1-3-4(6)5(8)7(3)12(9,10)11-2;3-2(4,5)1(6)7/h3-4H,6H2,1-2H3,(H,9,10);(H,6,7)/t3-,4-;/m0./s1. The molecule has 1 unspecified atom stereocenters. The summed E-state index contributed by atoms with van der Waals surface area (Å²) in [6.45, 7) is 1.59. The number of carboxylic acid groups (broad SMARTS) is 1. The van der Waals surface area contributed by atoms with Crippen molar-refractivity contribution in [1.29, 1.82) is 0 Å². The van der Waals surface area contributed by atoms with Gasteiger partial charge in [0.2, 0.25) is 0 Å². The third-order valence-electron chi connectivity index (χ3n) is 2.17. The van der Waals surface area contributed by atoms with E-state index in [1.54, 1.807) is 6.92 Å². The highest BCUT2D eigenvalue weighted by atomic mass is 31.2.